The van der Waals surface area contributed by atoms with Crippen LogP contribution in [-0.2, 0) is 0 Å². The van der Waals surface area contributed by atoms with Crippen LogP contribution < -0.4 is 0 Å². The second kappa shape index (κ2) is 8.04. The summed E-state index contributed by atoms with van der Waals surface area (Å²) in [6, 6.07) is 34.2. The van der Waals surface area contributed by atoms with E-state index in [1.807, 2.05) is 13.8 Å². The normalized spacial score (nSPS) is 11.3. The second-order valence-electron chi connectivity index (χ2n) is 7.61. The predicted octanol–water partition coefficient (Wildman–Crippen LogP) is 6.75. The molecule has 0 bridgehead atoms. The van der Waals surface area contributed by atoms with Gasteiger partial charge in [0.1, 0.15) is 0 Å². The van der Waals surface area contributed by atoms with Crippen LogP contribution in [0, 0.1) is 0 Å². The molecule has 4 nitrogen and oxygen atoms in total. The van der Waals surface area contributed by atoms with Crippen LogP contribution in [0.5, 0.6) is 0 Å². The van der Waals surface area contributed by atoms with Crippen molar-refractivity contribution in [2.75, 3.05) is 0 Å². The van der Waals surface area contributed by atoms with Crippen molar-refractivity contribution in [3.63, 3.8) is 0 Å². The first-order valence-electron chi connectivity index (χ1n) is 11.2. The molecule has 0 radical (unpaired) electrons. The van der Waals surface area contributed by atoms with Gasteiger partial charge in [0.05, 0.1) is 0 Å². The molecule has 0 amide bonds. The van der Waals surface area contributed by atoms with E-state index in [-0.39, 0.29) is 14.5 Å². The maximum absolute atomic E-state index is 4.70. The van der Waals surface area contributed by atoms with Crippen LogP contribution in [-0.4, -0.2) is 33.8 Å². The van der Waals surface area contributed by atoms with Crippen LogP contribution in [0.25, 0.3) is 53.0 Å². The van der Waals surface area contributed by atoms with Crippen molar-refractivity contribution < 1.29 is 0 Å². The fourth-order valence-corrected chi connectivity index (χ4v) is 6.54. The van der Waals surface area contributed by atoms with Crippen LogP contribution in [0.1, 0.15) is 13.8 Å². The molecule has 3 aromatic heterocycles. The van der Waals surface area contributed by atoms with Crippen molar-refractivity contribution in [1.29, 1.82) is 0 Å². The summed E-state index contributed by atoms with van der Waals surface area (Å²) in [5.41, 5.74) is 4.73. The number of hydrogen-bond donors (Lipinski definition) is 0. The van der Waals surface area contributed by atoms with Crippen LogP contribution in [0.3, 0.4) is 0 Å². The van der Waals surface area contributed by atoms with Gasteiger partial charge >= 0.3 is 184 Å². The summed E-state index contributed by atoms with van der Waals surface area (Å²) in [7, 11) is 0. The SMILES string of the molecule is CC.c1ccc2c(c1)c1ccccc1n2-c1nnc(-n2c3ccccc3c3ccccc32)[se]1. The molecule has 0 fully saturated rings. The molecular weight excluding hydrogens is 471 g/mol. The number of fused-ring (bicyclic) bond motifs is 6. The van der Waals surface area contributed by atoms with E-state index >= 15 is 0 Å². The Kier molecular flexibility index (Phi) is 4.87. The van der Waals surface area contributed by atoms with Gasteiger partial charge in [-0.05, 0) is 0 Å². The monoisotopic (exact) mass is 494 g/mol. The third kappa shape index (κ3) is 2.97. The van der Waals surface area contributed by atoms with E-state index in [0.717, 1.165) is 9.38 Å². The van der Waals surface area contributed by atoms with Crippen molar-refractivity contribution in [3.05, 3.63) is 97.1 Å². The molecule has 0 saturated heterocycles. The van der Waals surface area contributed by atoms with Crippen LogP contribution in [0.15, 0.2) is 97.1 Å². The fourth-order valence-electron chi connectivity index (χ4n) is 4.65. The molecule has 0 aliphatic heterocycles. The number of aromatic nitrogens is 4. The quantitative estimate of drug-likeness (QED) is 0.250. The molecule has 4 aromatic carbocycles. The van der Waals surface area contributed by atoms with Crippen LogP contribution in [0.2, 0.25) is 0 Å². The number of benzene rings is 4. The Morgan fingerprint density at radius 3 is 1.03 bits per heavy atom. The first kappa shape index (κ1) is 20.0. The Hall–Kier alpha value is -3.66. The van der Waals surface area contributed by atoms with Crippen molar-refractivity contribution >= 4 is 58.1 Å². The average molecular weight is 493 g/mol. The molecule has 33 heavy (non-hydrogen) atoms. The van der Waals surface area contributed by atoms with E-state index < -0.39 is 0 Å². The summed E-state index contributed by atoms with van der Waals surface area (Å²) in [4.78, 5) is 0. The summed E-state index contributed by atoms with van der Waals surface area (Å²) >= 11 is -0.0326. The standard InChI is InChI=1S/C26H16N4Se.C2H6/c1-5-13-21-17(9-1)18-10-2-6-14-22(18)29(21)25-27-28-26(31-25)30-23-15-7-3-11-19(23)20-12-4-8-16-24(20)30;1-2/h1-16H;1-2H3. The van der Waals surface area contributed by atoms with E-state index in [1.165, 1.54) is 43.6 Å². The van der Waals surface area contributed by atoms with Gasteiger partial charge in [0.15, 0.2) is 0 Å². The summed E-state index contributed by atoms with van der Waals surface area (Å²) in [5.74, 6) is 0. The molecule has 7 rings (SSSR count). The molecule has 0 aliphatic carbocycles. The van der Waals surface area contributed by atoms with E-state index in [1.54, 1.807) is 0 Å². The van der Waals surface area contributed by atoms with Gasteiger partial charge in [0.25, 0.3) is 0 Å². The summed E-state index contributed by atoms with van der Waals surface area (Å²) in [6.45, 7) is 4.00. The first-order valence-corrected chi connectivity index (χ1v) is 12.9. The molecular formula is C28H22N4Se. The van der Waals surface area contributed by atoms with Crippen molar-refractivity contribution in [1.82, 2.24) is 19.3 Å². The molecule has 3 heterocycles. The predicted molar refractivity (Wildman–Crippen MR) is 139 cm³/mol. The van der Waals surface area contributed by atoms with Gasteiger partial charge in [0.2, 0.25) is 0 Å². The maximum atomic E-state index is 4.70. The molecule has 0 unspecified atom stereocenters. The Bertz CT molecular complexity index is 1520. The van der Waals surface area contributed by atoms with Crippen LogP contribution in [0.4, 0.5) is 0 Å². The van der Waals surface area contributed by atoms with Crippen LogP contribution >= 0.6 is 0 Å². The molecule has 0 aliphatic rings. The summed E-state index contributed by atoms with van der Waals surface area (Å²) < 4.78 is 6.60. The Morgan fingerprint density at radius 2 is 0.727 bits per heavy atom. The Balaban J connectivity index is 0.00000101. The van der Waals surface area contributed by atoms with Gasteiger partial charge in [-0.15, -0.1) is 0 Å². The molecule has 160 valence electrons. The Morgan fingerprint density at radius 1 is 0.455 bits per heavy atom. The minimum atomic E-state index is -0.0326. The van der Waals surface area contributed by atoms with E-state index in [0.29, 0.717) is 0 Å². The zero-order chi connectivity index (χ0) is 22.4. The minimum absolute atomic E-state index is 0.0326. The fraction of sp³-hybridized carbons (Fsp3) is 0.0714. The third-order valence-electron chi connectivity index (χ3n) is 5.95. The number of hydrogen-bond acceptors (Lipinski definition) is 2. The van der Waals surface area contributed by atoms with Crippen molar-refractivity contribution in [3.8, 4) is 9.38 Å². The average Bonchev–Trinajstić information content (AvgIpc) is 3.57. The zero-order valence-corrected chi connectivity index (χ0v) is 20.1. The molecule has 0 spiro atoms. The van der Waals surface area contributed by atoms with Gasteiger partial charge in [0, 0.05) is 0 Å². The van der Waals surface area contributed by atoms with Crippen molar-refractivity contribution in [2.45, 2.75) is 13.8 Å². The van der Waals surface area contributed by atoms with Gasteiger partial charge in [-0.1, -0.05) is 13.8 Å². The van der Waals surface area contributed by atoms with E-state index in [4.69, 9.17) is 10.2 Å². The number of nitrogens with zero attached hydrogens (tertiary/aromatic N) is 4. The summed E-state index contributed by atoms with van der Waals surface area (Å²) in [6.07, 6.45) is 0. The number of rotatable bonds is 2. The zero-order valence-electron chi connectivity index (χ0n) is 18.4. The van der Waals surface area contributed by atoms with Gasteiger partial charge in [-0.25, -0.2) is 0 Å². The van der Waals surface area contributed by atoms with E-state index in [9.17, 15) is 0 Å². The third-order valence-corrected chi connectivity index (χ3v) is 7.82. The first-order chi connectivity index (χ1) is 16.4. The van der Waals surface area contributed by atoms with Gasteiger partial charge < -0.3 is 0 Å². The summed E-state index contributed by atoms with van der Waals surface area (Å²) in [5, 5.41) is 14.4. The van der Waals surface area contributed by atoms with E-state index in [2.05, 4.69) is 106 Å². The molecule has 0 atom stereocenters. The molecule has 0 saturated carbocycles. The molecule has 0 N–H and O–H groups in total. The molecule has 7 aromatic rings. The van der Waals surface area contributed by atoms with Gasteiger partial charge in [-0.3, -0.25) is 0 Å². The number of para-hydroxylation sites is 4. The Labute approximate surface area is 197 Å². The van der Waals surface area contributed by atoms with Crippen molar-refractivity contribution in [2.24, 2.45) is 0 Å². The van der Waals surface area contributed by atoms with Gasteiger partial charge in [-0.2, -0.15) is 0 Å². The second-order valence-corrected chi connectivity index (χ2v) is 9.57. The molecule has 5 heteroatoms. The topological polar surface area (TPSA) is 35.6 Å².